The fourth-order valence-corrected chi connectivity index (χ4v) is 2.64. The van der Waals surface area contributed by atoms with Gasteiger partial charge in [0.25, 0.3) is 5.91 Å². The lowest BCUT2D eigenvalue weighted by Crippen LogP contribution is -2.16. The molecule has 0 aliphatic rings. The molecule has 3 N–H and O–H groups in total. The third-order valence-electron chi connectivity index (χ3n) is 2.82. The molecule has 0 fully saturated rings. The molecule has 22 heavy (non-hydrogen) atoms. The molecule has 0 atom stereocenters. The molecule has 116 valence electrons. The number of primary sulfonamides is 1. The van der Waals surface area contributed by atoms with E-state index in [1.54, 1.807) is 6.92 Å². The number of nitrogens with one attached hydrogen (secondary N) is 1. The van der Waals surface area contributed by atoms with Gasteiger partial charge in [0.1, 0.15) is 5.82 Å². The van der Waals surface area contributed by atoms with Crippen molar-refractivity contribution in [1.82, 2.24) is 0 Å². The van der Waals surface area contributed by atoms with Gasteiger partial charge in [-0.15, -0.1) is 0 Å². The smallest absolute Gasteiger partial charge is 0.255 e. The molecule has 2 aromatic rings. The molecule has 1 amide bonds. The van der Waals surface area contributed by atoms with Crippen LogP contribution in [0, 0.1) is 12.7 Å². The van der Waals surface area contributed by atoms with Crippen LogP contribution in [0.1, 0.15) is 15.9 Å². The molecule has 8 heteroatoms. The molecule has 0 aliphatic carbocycles. The SMILES string of the molecule is Cc1cc(C(=O)Nc2ccc(F)c(Cl)c2)cc(S(N)(=O)=O)c1. The first-order valence-electron chi connectivity index (χ1n) is 6.08. The Morgan fingerprint density at radius 2 is 1.91 bits per heavy atom. The van der Waals surface area contributed by atoms with Crippen LogP contribution in [-0.2, 0) is 10.0 Å². The molecule has 2 rings (SSSR count). The minimum absolute atomic E-state index is 0.115. The van der Waals surface area contributed by atoms with E-state index in [9.17, 15) is 17.6 Å². The predicted octanol–water partition coefficient (Wildman–Crippen LogP) is 2.69. The summed E-state index contributed by atoms with van der Waals surface area (Å²) in [6.45, 7) is 1.64. The van der Waals surface area contributed by atoms with Crippen LogP contribution < -0.4 is 10.5 Å². The van der Waals surface area contributed by atoms with E-state index < -0.39 is 21.7 Å². The number of aryl methyl sites for hydroxylation is 1. The van der Waals surface area contributed by atoms with Crippen molar-refractivity contribution in [2.45, 2.75) is 11.8 Å². The largest absolute Gasteiger partial charge is 0.322 e. The normalized spacial score (nSPS) is 11.3. The van der Waals surface area contributed by atoms with Crippen molar-refractivity contribution in [3.8, 4) is 0 Å². The molecule has 5 nitrogen and oxygen atoms in total. The fraction of sp³-hybridized carbons (Fsp3) is 0.0714. The lowest BCUT2D eigenvalue weighted by molar-refractivity contribution is 0.102. The molecular formula is C14H12ClFN2O3S. The Bertz CT molecular complexity index is 853. The Morgan fingerprint density at radius 1 is 1.23 bits per heavy atom. The standard InChI is InChI=1S/C14H12ClFN2O3S/c1-8-4-9(6-11(5-8)22(17,20)21)14(19)18-10-2-3-13(16)12(15)7-10/h2-7H,1H3,(H,18,19)(H2,17,20,21). The number of anilines is 1. The number of nitrogens with two attached hydrogens (primary N) is 1. The molecule has 0 saturated carbocycles. The minimum atomic E-state index is -3.92. The lowest BCUT2D eigenvalue weighted by atomic mass is 10.1. The van der Waals surface area contributed by atoms with Crippen LogP contribution in [0.4, 0.5) is 10.1 Å². The zero-order chi connectivity index (χ0) is 16.5. The number of rotatable bonds is 3. The topological polar surface area (TPSA) is 89.3 Å². The highest BCUT2D eigenvalue weighted by molar-refractivity contribution is 7.89. The number of halogens is 2. The van der Waals surface area contributed by atoms with Crippen LogP contribution in [0.15, 0.2) is 41.3 Å². The zero-order valence-electron chi connectivity index (χ0n) is 11.4. The maximum atomic E-state index is 13.1. The van der Waals surface area contributed by atoms with Crippen LogP contribution in [-0.4, -0.2) is 14.3 Å². The van der Waals surface area contributed by atoms with E-state index in [0.29, 0.717) is 5.56 Å². The third kappa shape index (κ3) is 3.82. The summed E-state index contributed by atoms with van der Waals surface area (Å²) < 4.78 is 35.8. The van der Waals surface area contributed by atoms with Crippen LogP contribution in [0.25, 0.3) is 0 Å². The average molecular weight is 343 g/mol. The molecule has 0 radical (unpaired) electrons. The quantitative estimate of drug-likeness (QED) is 0.898. The van der Waals surface area contributed by atoms with Crippen molar-refractivity contribution >= 4 is 33.2 Å². The number of sulfonamides is 1. The van der Waals surface area contributed by atoms with Gasteiger partial charge in [-0.3, -0.25) is 4.79 Å². The summed E-state index contributed by atoms with van der Waals surface area (Å²) in [6.07, 6.45) is 0. The summed E-state index contributed by atoms with van der Waals surface area (Å²) in [4.78, 5) is 12.0. The van der Waals surface area contributed by atoms with E-state index in [0.717, 1.165) is 6.07 Å². The molecular weight excluding hydrogens is 331 g/mol. The minimum Gasteiger partial charge on any atom is -0.322 e. The van der Waals surface area contributed by atoms with Gasteiger partial charge in [0, 0.05) is 11.3 Å². The second-order valence-electron chi connectivity index (χ2n) is 4.66. The summed E-state index contributed by atoms with van der Waals surface area (Å²) >= 11 is 5.63. The van der Waals surface area contributed by atoms with Gasteiger partial charge in [-0.05, 0) is 48.9 Å². The molecule has 0 saturated heterocycles. The molecule has 0 spiro atoms. The summed E-state index contributed by atoms with van der Waals surface area (Å²) in [6, 6.07) is 7.75. The first-order valence-corrected chi connectivity index (χ1v) is 8.00. The summed E-state index contributed by atoms with van der Waals surface area (Å²) in [5.74, 6) is -1.16. The van der Waals surface area contributed by atoms with Gasteiger partial charge in [0.15, 0.2) is 0 Å². The second kappa shape index (κ2) is 6.04. The van der Waals surface area contributed by atoms with Crippen LogP contribution in [0.2, 0.25) is 5.02 Å². The number of hydrogen-bond acceptors (Lipinski definition) is 3. The van der Waals surface area contributed by atoms with Gasteiger partial charge in [-0.1, -0.05) is 11.6 Å². The first kappa shape index (κ1) is 16.4. The number of carbonyl (C=O) groups excluding carboxylic acids is 1. The van der Waals surface area contributed by atoms with Gasteiger partial charge in [0.05, 0.1) is 9.92 Å². The van der Waals surface area contributed by atoms with E-state index in [1.807, 2.05) is 0 Å². The van der Waals surface area contributed by atoms with E-state index in [2.05, 4.69) is 5.32 Å². The van der Waals surface area contributed by atoms with Gasteiger partial charge < -0.3 is 5.32 Å². The van der Waals surface area contributed by atoms with E-state index in [1.165, 1.54) is 30.3 Å². The van der Waals surface area contributed by atoms with E-state index >= 15 is 0 Å². The van der Waals surface area contributed by atoms with Crippen LogP contribution in [0.3, 0.4) is 0 Å². The first-order chi connectivity index (χ1) is 10.2. The maximum Gasteiger partial charge on any atom is 0.255 e. The predicted molar refractivity (Wildman–Crippen MR) is 81.9 cm³/mol. The number of amides is 1. The third-order valence-corrected chi connectivity index (χ3v) is 4.00. The van der Waals surface area contributed by atoms with Crippen LogP contribution >= 0.6 is 11.6 Å². The van der Waals surface area contributed by atoms with Gasteiger partial charge in [-0.2, -0.15) is 0 Å². The summed E-state index contributed by atoms with van der Waals surface area (Å²) in [5, 5.41) is 7.44. The molecule has 0 heterocycles. The van der Waals surface area contributed by atoms with Crippen molar-refractivity contribution in [2.24, 2.45) is 5.14 Å². The Balaban J connectivity index is 2.33. The summed E-state index contributed by atoms with van der Waals surface area (Å²) in [7, 11) is -3.92. The second-order valence-corrected chi connectivity index (χ2v) is 6.63. The fourth-order valence-electron chi connectivity index (χ4n) is 1.82. The molecule has 2 aromatic carbocycles. The Morgan fingerprint density at radius 3 is 2.50 bits per heavy atom. The molecule has 0 bridgehead atoms. The number of hydrogen-bond donors (Lipinski definition) is 2. The monoisotopic (exact) mass is 342 g/mol. The van der Waals surface area contributed by atoms with E-state index in [4.69, 9.17) is 16.7 Å². The van der Waals surface area contributed by atoms with Crippen molar-refractivity contribution in [2.75, 3.05) is 5.32 Å². The molecule has 0 aliphatic heterocycles. The van der Waals surface area contributed by atoms with Crippen LogP contribution in [0.5, 0.6) is 0 Å². The van der Waals surface area contributed by atoms with E-state index in [-0.39, 0.29) is 21.2 Å². The Hall–Kier alpha value is -1.96. The number of carbonyl (C=O) groups is 1. The molecule has 0 unspecified atom stereocenters. The van der Waals surface area contributed by atoms with Gasteiger partial charge >= 0.3 is 0 Å². The highest BCUT2D eigenvalue weighted by Gasteiger charge is 2.14. The van der Waals surface area contributed by atoms with Crippen molar-refractivity contribution in [3.05, 3.63) is 58.4 Å². The van der Waals surface area contributed by atoms with Crippen molar-refractivity contribution in [1.29, 1.82) is 0 Å². The maximum absolute atomic E-state index is 13.1. The average Bonchev–Trinajstić information content (AvgIpc) is 2.41. The number of benzene rings is 2. The lowest BCUT2D eigenvalue weighted by Gasteiger charge is -2.08. The van der Waals surface area contributed by atoms with Gasteiger partial charge in [-0.25, -0.2) is 17.9 Å². The molecule has 0 aromatic heterocycles. The zero-order valence-corrected chi connectivity index (χ0v) is 13.0. The van der Waals surface area contributed by atoms with Crippen molar-refractivity contribution < 1.29 is 17.6 Å². The Kier molecular flexibility index (Phi) is 4.50. The van der Waals surface area contributed by atoms with Crippen molar-refractivity contribution in [3.63, 3.8) is 0 Å². The van der Waals surface area contributed by atoms with Gasteiger partial charge in [0.2, 0.25) is 10.0 Å². The highest BCUT2D eigenvalue weighted by Crippen LogP contribution is 2.21. The highest BCUT2D eigenvalue weighted by atomic mass is 35.5. The summed E-state index contributed by atoms with van der Waals surface area (Å²) in [5.41, 5.74) is 0.966. The Labute approximate surface area is 131 Å².